The molecule has 27 heavy (non-hydrogen) atoms. The van der Waals surface area contributed by atoms with Crippen LogP contribution in [-0.4, -0.2) is 39.9 Å². The molecular formula is C22H26N4O. The largest absolute Gasteiger partial charge is 0.497 e. The molecule has 140 valence electrons. The molecule has 4 rings (SSSR count). The van der Waals surface area contributed by atoms with E-state index in [9.17, 15) is 0 Å². The topological polar surface area (TPSA) is 43.2 Å². The van der Waals surface area contributed by atoms with Gasteiger partial charge in [0.15, 0.2) is 0 Å². The molecule has 1 aliphatic heterocycles. The number of benzene rings is 1. The summed E-state index contributed by atoms with van der Waals surface area (Å²) in [5.74, 6) is 0.812. The van der Waals surface area contributed by atoms with Gasteiger partial charge in [-0.05, 0) is 69.6 Å². The maximum atomic E-state index is 5.44. The SMILES string of the molecule is COc1ccc(-c2ccc(CN3CCCC3)cn2)c(-n2nc(C)cc2C)c1. The molecule has 3 aromatic rings. The summed E-state index contributed by atoms with van der Waals surface area (Å²) in [4.78, 5) is 7.25. The van der Waals surface area contributed by atoms with Crippen molar-refractivity contribution in [2.75, 3.05) is 20.2 Å². The molecule has 5 heteroatoms. The van der Waals surface area contributed by atoms with Gasteiger partial charge in [-0.15, -0.1) is 0 Å². The van der Waals surface area contributed by atoms with Crippen LogP contribution in [0.5, 0.6) is 5.75 Å². The summed E-state index contributed by atoms with van der Waals surface area (Å²) >= 11 is 0. The van der Waals surface area contributed by atoms with Crippen LogP contribution in [-0.2, 0) is 6.54 Å². The molecule has 0 amide bonds. The van der Waals surface area contributed by atoms with Gasteiger partial charge in [-0.2, -0.15) is 5.10 Å². The molecular weight excluding hydrogens is 336 g/mol. The highest BCUT2D eigenvalue weighted by molar-refractivity contribution is 5.71. The van der Waals surface area contributed by atoms with Crippen molar-refractivity contribution >= 4 is 0 Å². The lowest BCUT2D eigenvalue weighted by Gasteiger charge is -2.15. The molecule has 5 nitrogen and oxygen atoms in total. The Labute approximate surface area is 160 Å². The minimum absolute atomic E-state index is 0.812. The van der Waals surface area contributed by atoms with E-state index in [1.165, 1.54) is 31.5 Å². The van der Waals surface area contributed by atoms with Gasteiger partial charge in [0.05, 0.1) is 24.2 Å². The lowest BCUT2D eigenvalue weighted by atomic mass is 10.1. The summed E-state index contributed by atoms with van der Waals surface area (Å²) in [7, 11) is 1.69. The van der Waals surface area contributed by atoms with Crippen molar-refractivity contribution in [2.45, 2.75) is 33.2 Å². The van der Waals surface area contributed by atoms with E-state index in [0.717, 1.165) is 40.6 Å². The van der Waals surface area contributed by atoms with Crippen molar-refractivity contribution in [3.63, 3.8) is 0 Å². The second-order valence-electron chi connectivity index (χ2n) is 7.26. The molecule has 1 aliphatic rings. The number of aryl methyl sites for hydroxylation is 2. The van der Waals surface area contributed by atoms with Crippen molar-refractivity contribution in [3.05, 3.63) is 59.5 Å². The van der Waals surface area contributed by atoms with Crippen molar-refractivity contribution in [3.8, 4) is 22.7 Å². The van der Waals surface area contributed by atoms with Crippen LogP contribution < -0.4 is 4.74 Å². The van der Waals surface area contributed by atoms with Crippen LogP contribution in [0.3, 0.4) is 0 Å². The molecule has 2 aromatic heterocycles. The smallest absolute Gasteiger partial charge is 0.121 e. The minimum Gasteiger partial charge on any atom is -0.497 e. The fourth-order valence-electron chi connectivity index (χ4n) is 3.78. The zero-order chi connectivity index (χ0) is 18.8. The van der Waals surface area contributed by atoms with Crippen LogP contribution in [0.25, 0.3) is 16.9 Å². The Morgan fingerprint density at radius 1 is 1.04 bits per heavy atom. The summed E-state index contributed by atoms with van der Waals surface area (Å²) in [6.07, 6.45) is 4.62. The zero-order valence-corrected chi connectivity index (χ0v) is 16.3. The van der Waals surface area contributed by atoms with E-state index in [2.05, 4.69) is 41.2 Å². The van der Waals surface area contributed by atoms with Crippen LogP contribution in [0.4, 0.5) is 0 Å². The van der Waals surface area contributed by atoms with Gasteiger partial charge in [0.2, 0.25) is 0 Å². The number of hydrogen-bond acceptors (Lipinski definition) is 4. The highest BCUT2D eigenvalue weighted by atomic mass is 16.5. The number of likely N-dealkylation sites (tertiary alicyclic amines) is 1. The molecule has 0 radical (unpaired) electrons. The third-order valence-electron chi connectivity index (χ3n) is 5.15. The number of aromatic nitrogens is 3. The third kappa shape index (κ3) is 3.74. The number of methoxy groups -OCH3 is 1. The van der Waals surface area contributed by atoms with Crippen molar-refractivity contribution in [1.29, 1.82) is 0 Å². The first-order valence-electron chi connectivity index (χ1n) is 9.53. The molecule has 1 saturated heterocycles. The zero-order valence-electron chi connectivity index (χ0n) is 16.3. The number of rotatable bonds is 5. The highest BCUT2D eigenvalue weighted by Crippen LogP contribution is 2.30. The maximum absolute atomic E-state index is 5.44. The Balaban J connectivity index is 1.69. The molecule has 0 unspecified atom stereocenters. The number of ether oxygens (including phenoxy) is 1. The summed E-state index contributed by atoms with van der Waals surface area (Å²) in [6, 6.07) is 12.4. The van der Waals surface area contributed by atoms with Gasteiger partial charge in [0.25, 0.3) is 0 Å². The van der Waals surface area contributed by atoms with Gasteiger partial charge in [-0.3, -0.25) is 9.88 Å². The standard InChI is InChI=1S/C22H26N4O/c1-16-12-17(2)26(24-16)22-13-19(27-3)7-8-20(22)21-9-6-18(14-23-21)15-25-10-4-5-11-25/h6-9,12-14H,4-5,10-11,15H2,1-3H3. The predicted molar refractivity (Wildman–Crippen MR) is 107 cm³/mol. The van der Waals surface area contributed by atoms with Gasteiger partial charge in [-0.1, -0.05) is 6.07 Å². The molecule has 1 aromatic carbocycles. The second-order valence-corrected chi connectivity index (χ2v) is 7.26. The van der Waals surface area contributed by atoms with E-state index < -0.39 is 0 Å². The average Bonchev–Trinajstić information content (AvgIpc) is 3.31. The van der Waals surface area contributed by atoms with E-state index in [1.807, 2.05) is 29.9 Å². The first-order chi connectivity index (χ1) is 13.1. The normalized spacial score (nSPS) is 14.6. The number of hydrogen-bond donors (Lipinski definition) is 0. The fourth-order valence-corrected chi connectivity index (χ4v) is 3.78. The second kappa shape index (κ2) is 7.53. The van der Waals surface area contributed by atoms with E-state index in [-0.39, 0.29) is 0 Å². The Bertz CT molecular complexity index is 924. The molecule has 0 bridgehead atoms. The quantitative estimate of drug-likeness (QED) is 0.684. The Hall–Kier alpha value is -2.66. The summed E-state index contributed by atoms with van der Waals surface area (Å²) in [5.41, 5.74) is 6.34. The molecule has 3 heterocycles. The van der Waals surface area contributed by atoms with Gasteiger partial charge in [0.1, 0.15) is 5.75 Å². The van der Waals surface area contributed by atoms with E-state index in [1.54, 1.807) is 7.11 Å². The molecule has 0 aliphatic carbocycles. The molecule has 0 atom stereocenters. The molecule has 0 N–H and O–H groups in total. The Morgan fingerprint density at radius 2 is 1.85 bits per heavy atom. The van der Waals surface area contributed by atoms with Gasteiger partial charge in [-0.25, -0.2) is 4.68 Å². The average molecular weight is 362 g/mol. The predicted octanol–water partition coefficient (Wildman–Crippen LogP) is 4.16. The van der Waals surface area contributed by atoms with Crippen LogP contribution in [0, 0.1) is 13.8 Å². The van der Waals surface area contributed by atoms with Crippen molar-refractivity contribution < 1.29 is 4.74 Å². The van der Waals surface area contributed by atoms with E-state index in [0.29, 0.717) is 0 Å². The van der Waals surface area contributed by atoms with Crippen molar-refractivity contribution in [1.82, 2.24) is 19.7 Å². The summed E-state index contributed by atoms with van der Waals surface area (Å²) in [6.45, 7) is 7.45. The molecule has 1 fully saturated rings. The van der Waals surface area contributed by atoms with Crippen LogP contribution in [0.15, 0.2) is 42.6 Å². The minimum atomic E-state index is 0.812. The van der Waals surface area contributed by atoms with Crippen LogP contribution >= 0.6 is 0 Å². The van der Waals surface area contributed by atoms with Crippen molar-refractivity contribution in [2.24, 2.45) is 0 Å². The number of nitrogens with zero attached hydrogens (tertiary/aromatic N) is 4. The van der Waals surface area contributed by atoms with E-state index in [4.69, 9.17) is 9.72 Å². The fraction of sp³-hybridized carbons (Fsp3) is 0.364. The Morgan fingerprint density at radius 3 is 2.48 bits per heavy atom. The van der Waals surface area contributed by atoms with Gasteiger partial charge in [0, 0.05) is 30.1 Å². The monoisotopic (exact) mass is 362 g/mol. The van der Waals surface area contributed by atoms with Gasteiger partial charge >= 0.3 is 0 Å². The van der Waals surface area contributed by atoms with Crippen LogP contribution in [0.2, 0.25) is 0 Å². The highest BCUT2D eigenvalue weighted by Gasteiger charge is 2.15. The lowest BCUT2D eigenvalue weighted by molar-refractivity contribution is 0.331. The first kappa shape index (κ1) is 17.7. The van der Waals surface area contributed by atoms with E-state index >= 15 is 0 Å². The summed E-state index contributed by atoms with van der Waals surface area (Å²) < 4.78 is 7.41. The first-order valence-corrected chi connectivity index (χ1v) is 9.53. The lowest BCUT2D eigenvalue weighted by Crippen LogP contribution is -2.18. The molecule has 0 spiro atoms. The summed E-state index contributed by atoms with van der Waals surface area (Å²) in [5, 5.41) is 4.65. The van der Waals surface area contributed by atoms with Crippen LogP contribution in [0.1, 0.15) is 29.8 Å². The maximum Gasteiger partial charge on any atom is 0.121 e. The number of pyridine rings is 1. The molecule has 0 saturated carbocycles. The third-order valence-corrected chi connectivity index (χ3v) is 5.15. The Kier molecular flexibility index (Phi) is 4.94. The van der Waals surface area contributed by atoms with Gasteiger partial charge < -0.3 is 4.74 Å².